The van der Waals surface area contributed by atoms with Gasteiger partial charge in [-0.2, -0.15) is 0 Å². The number of benzene rings is 1. The summed E-state index contributed by atoms with van der Waals surface area (Å²) in [5, 5.41) is 10.7. The van der Waals surface area contributed by atoms with Crippen LogP contribution < -0.4 is 4.74 Å². The van der Waals surface area contributed by atoms with Crippen molar-refractivity contribution in [2.75, 3.05) is 19.7 Å². The number of carbonyl (C=O) groups is 2. The van der Waals surface area contributed by atoms with Gasteiger partial charge in [-0.1, -0.05) is 50.8 Å². The van der Waals surface area contributed by atoms with E-state index in [1.807, 2.05) is 30.3 Å². The first kappa shape index (κ1) is 23.6. The van der Waals surface area contributed by atoms with E-state index in [9.17, 15) is 14.7 Å². The molecule has 0 aliphatic carbocycles. The molecule has 6 nitrogen and oxygen atoms in total. The molecule has 2 heterocycles. The Balaban J connectivity index is 1.52. The average molecular weight is 431 g/mol. The van der Waals surface area contributed by atoms with Gasteiger partial charge in [0.25, 0.3) is 0 Å². The molecule has 1 unspecified atom stereocenters. The third-order valence-electron chi connectivity index (χ3n) is 6.54. The van der Waals surface area contributed by atoms with Gasteiger partial charge >= 0.3 is 0 Å². The van der Waals surface area contributed by atoms with Crippen LogP contribution in [0.25, 0.3) is 0 Å². The second-order valence-corrected chi connectivity index (χ2v) is 8.84. The summed E-state index contributed by atoms with van der Waals surface area (Å²) >= 11 is 0. The topological polar surface area (TPSA) is 70.1 Å². The second-order valence-electron chi connectivity index (χ2n) is 8.84. The van der Waals surface area contributed by atoms with Crippen molar-refractivity contribution < 1.29 is 19.4 Å². The molecule has 2 saturated heterocycles. The molecule has 0 spiro atoms. The number of hydrogen-bond donors (Lipinski definition) is 1. The molecule has 3 rings (SSSR count). The summed E-state index contributed by atoms with van der Waals surface area (Å²) in [7, 11) is 0. The first-order valence-corrected chi connectivity index (χ1v) is 12.1. The zero-order valence-corrected chi connectivity index (χ0v) is 18.9. The van der Waals surface area contributed by atoms with Crippen LogP contribution in [-0.4, -0.2) is 64.6 Å². The van der Waals surface area contributed by atoms with Crippen LogP contribution in [0.5, 0.6) is 5.75 Å². The van der Waals surface area contributed by atoms with Crippen LogP contribution in [0.4, 0.5) is 0 Å². The number of aliphatic hydroxyl groups excluding tert-OH is 1. The van der Waals surface area contributed by atoms with E-state index in [0.29, 0.717) is 25.3 Å². The maximum absolute atomic E-state index is 13.3. The van der Waals surface area contributed by atoms with E-state index in [0.717, 1.165) is 38.5 Å². The largest absolute Gasteiger partial charge is 0.491 e. The van der Waals surface area contributed by atoms with Crippen LogP contribution in [0.3, 0.4) is 0 Å². The number of para-hydroxylation sites is 1. The summed E-state index contributed by atoms with van der Waals surface area (Å²) in [5.41, 5.74) is 0. The van der Waals surface area contributed by atoms with Gasteiger partial charge in [-0.15, -0.1) is 0 Å². The summed E-state index contributed by atoms with van der Waals surface area (Å²) in [6.45, 7) is 3.65. The molecular weight excluding hydrogens is 392 g/mol. The van der Waals surface area contributed by atoms with Gasteiger partial charge in [0.15, 0.2) is 0 Å². The summed E-state index contributed by atoms with van der Waals surface area (Å²) in [4.78, 5) is 29.7. The van der Waals surface area contributed by atoms with Crippen LogP contribution in [-0.2, 0) is 9.59 Å². The number of hydrogen-bond acceptors (Lipinski definition) is 4. The maximum atomic E-state index is 13.3. The molecule has 0 bridgehead atoms. The molecule has 2 aliphatic heterocycles. The zero-order valence-electron chi connectivity index (χ0n) is 18.9. The third kappa shape index (κ3) is 6.45. The highest BCUT2D eigenvalue weighted by atomic mass is 16.5. The molecule has 1 aromatic carbocycles. The van der Waals surface area contributed by atoms with Crippen molar-refractivity contribution in [1.29, 1.82) is 0 Å². The van der Waals surface area contributed by atoms with Gasteiger partial charge in [0, 0.05) is 19.5 Å². The highest BCUT2D eigenvalue weighted by molar-refractivity contribution is 5.88. The standard InChI is InChI=1S/C25H38N2O4/c1-2-3-4-5-9-16-24(29)26-17-11-15-22(26)25(30)27-18-10-14-21(27)23(28)19-31-20-12-7-6-8-13-20/h6-8,12-13,21-23,28H,2-5,9-11,14-19H2,1H3/t21-,22-,23?/m0/s1. The van der Waals surface area contributed by atoms with Gasteiger partial charge in [0.1, 0.15) is 24.5 Å². The Morgan fingerprint density at radius 3 is 2.52 bits per heavy atom. The summed E-state index contributed by atoms with van der Waals surface area (Å²) in [6.07, 6.45) is 8.58. The Kier molecular flexibility index (Phi) is 9.19. The Hall–Kier alpha value is -2.08. The first-order valence-electron chi connectivity index (χ1n) is 12.1. The molecule has 2 fully saturated rings. The number of nitrogens with zero attached hydrogens (tertiary/aromatic N) is 2. The van der Waals surface area contributed by atoms with E-state index in [-0.39, 0.29) is 30.5 Å². The molecule has 1 N–H and O–H groups in total. The Morgan fingerprint density at radius 2 is 1.74 bits per heavy atom. The highest BCUT2D eigenvalue weighted by Crippen LogP contribution is 2.27. The van der Waals surface area contributed by atoms with E-state index in [1.165, 1.54) is 19.3 Å². The van der Waals surface area contributed by atoms with Crippen molar-refractivity contribution in [3.05, 3.63) is 30.3 Å². The van der Waals surface area contributed by atoms with E-state index in [4.69, 9.17) is 4.74 Å². The molecule has 2 amide bonds. The minimum absolute atomic E-state index is 0.00176. The fourth-order valence-corrected chi connectivity index (χ4v) is 4.81. The lowest BCUT2D eigenvalue weighted by Gasteiger charge is -2.33. The predicted molar refractivity (Wildman–Crippen MR) is 121 cm³/mol. The van der Waals surface area contributed by atoms with Gasteiger partial charge in [0.2, 0.25) is 11.8 Å². The van der Waals surface area contributed by atoms with Crippen molar-refractivity contribution in [3.8, 4) is 5.75 Å². The van der Waals surface area contributed by atoms with Crippen molar-refractivity contribution in [2.24, 2.45) is 0 Å². The molecule has 172 valence electrons. The molecule has 0 saturated carbocycles. The van der Waals surface area contributed by atoms with E-state index < -0.39 is 6.10 Å². The number of ether oxygens (including phenoxy) is 1. The predicted octanol–water partition coefficient (Wildman–Crippen LogP) is 3.77. The maximum Gasteiger partial charge on any atom is 0.245 e. The molecule has 1 aromatic rings. The van der Waals surface area contributed by atoms with Crippen LogP contribution in [0.2, 0.25) is 0 Å². The fraction of sp³-hybridized carbons (Fsp3) is 0.680. The van der Waals surface area contributed by atoms with Gasteiger partial charge < -0.3 is 19.6 Å². The molecule has 2 aliphatic rings. The van der Waals surface area contributed by atoms with E-state index in [1.54, 1.807) is 9.80 Å². The van der Waals surface area contributed by atoms with Crippen molar-refractivity contribution in [3.63, 3.8) is 0 Å². The first-order chi connectivity index (χ1) is 15.1. The zero-order chi connectivity index (χ0) is 22.1. The molecule has 6 heteroatoms. The fourth-order valence-electron chi connectivity index (χ4n) is 4.81. The number of rotatable bonds is 11. The van der Waals surface area contributed by atoms with Crippen LogP contribution >= 0.6 is 0 Å². The van der Waals surface area contributed by atoms with E-state index in [2.05, 4.69) is 6.92 Å². The Labute approximate surface area is 186 Å². The minimum Gasteiger partial charge on any atom is -0.491 e. The number of amides is 2. The number of carbonyl (C=O) groups excluding carboxylic acids is 2. The van der Waals surface area contributed by atoms with E-state index >= 15 is 0 Å². The second kappa shape index (κ2) is 12.1. The van der Waals surface area contributed by atoms with Gasteiger partial charge in [-0.05, 0) is 44.2 Å². The number of likely N-dealkylation sites (tertiary alicyclic amines) is 2. The number of aliphatic hydroxyl groups is 1. The SMILES string of the molecule is CCCCCCCC(=O)N1CCC[C@H]1C(=O)N1CCC[C@H]1C(O)COc1ccccc1. The van der Waals surface area contributed by atoms with Crippen LogP contribution in [0.15, 0.2) is 30.3 Å². The summed E-state index contributed by atoms with van der Waals surface area (Å²) in [5.74, 6) is 0.818. The minimum atomic E-state index is -0.740. The Bertz CT molecular complexity index is 696. The average Bonchev–Trinajstić information content (AvgIpc) is 3.47. The van der Waals surface area contributed by atoms with Gasteiger partial charge in [0.05, 0.1) is 6.04 Å². The molecule has 31 heavy (non-hydrogen) atoms. The smallest absolute Gasteiger partial charge is 0.245 e. The lowest BCUT2D eigenvalue weighted by molar-refractivity contribution is -0.146. The van der Waals surface area contributed by atoms with Gasteiger partial charge in [-0.3, -0.25) is 9.59 Å². The van der Waals surface area contributed by atoms with Crippen molar-refractivity contribution in [1.82, 2.24) is 9.80 Å². The van der Waals surface area contributed by atoms with Crippen molar-refractivity contribution >= 4 is 11.8 Å². The highest BCUT2D eigenvalue weighted by Gasteiger charge is 2.41. The third-order valence-corrected chi connectivity index (χ3v) is 6.54. The Morgan fingerprint density at radius 1 is 1.03 bits per heavy atom. The monoisotopic (exact) mass is 430 g/mol. The quantitative estimate of drug-likeness (QED) is 0.543. The molecule has 0 aromatic heterocycles. The normalized spacial score (nSPS) is 22.0. The summed E-state index contributed by atoms with van der Waals surface area (Å²) < 4.78 is 5.71. The van der Waals surface area contributed by atoms with Crippen molar-refractivity contribution in [2.45, 2.75) is 89.3 Å². The molecule has 3 atom stereocenters. The lowest BCUT2D eigenvalue weighted by Crippen LogP contribution is -2.52. The van der Waals surface area contributed by atoms with Gasteiger partial charge in [-0.25, -0.2) is 0 Å². The molecule has 0 radical (unpaired) electrons. The van der Waals surface area contributed by atoms with Crippen LogP contribution in [0, 0.1) is 0 Å². The molecular formula is C25H38N2O4. The number of unbranched alkanes of at least 4 members (excludes halogenated alkanes) is 4. The lowest BCUT2D eigenvalue weighted by atomic mass is 10.1. The van der Waals surface area contributed by atoms with Crippen LogP contribution in [0.1, 0.15) is 71.1 Å². The summed E-state index contributed by atoms with van der Waals surface area (Å²) in [6, 6.07) is 8.79.